The highest BCUT2D eigenvalue weighted by Crippen LogP contribution is 2.23. The molecule has 2 unspecified atom stereocenters. The summed E-state index contributed by atoms with van der Waals surface area (Å²) in [6, 6.07) is 3.94. The smallest absolute Gasteiger partial charge is 0.322 e. The Morgan fingerprint density at radius 2 is 1.95 bits per heavy atom. The fourth-order valence-corrected chi connectivity index (χ4v) is 2.22. The molecule has 0 spiro atoms. The summed E-state index contributed by atoms with van der Waals surface area (Å²) in [4.78, 5) is 11.8. The molecule has 0 aliphatic heterocycles. The largest absolute Gasteiger partial charge is 0.497 e. The van der Waals surface area contributed by atoms with Crippen molar-refractivity contribution in [2.24, 2.45) is 5.92 Å². The number of carbonyl (C=O) groups is 1. The maximum absolute atomic E-state index is 14.0. The molecule has 0 radical (unpaired) electrons. The highest BCUT2D eigenvalue weighted by molar-refractivity contribution is 5.75. The van der Waals surface area contributed by atoms with Gasteiger partial charge in [0, 0.05) is 17.7 Å². The third-order valence-electron chi connectivity index (χ3n) is 3.32. The van der Waals surface area contributed by atoms with Gasteiger partial charge in [0.25, 0.3) is 0 Å². The van der Waals surface area contributed by atoms with Crippen LogP contribution in [-0.2, 0) is 9.53 Å². The molecule has 1 N–H and O–H groups in total. The number of hydrogen-bond donors (Lipinski definition) is 1. The van der Waals surface area contributed by atoms with E-state index in [-0.39, 0.29) is 17.8 Å². The molecule has 0 aromatic heterocycles. The van der Waals surface area contributed by atoms with Gasteiger partial charge in [-0.25, -0.2) is 4.39 Å². The van der Waals surface area contributed by atoms with Gasteiger partial charge >= 0.3 is 5.97 Å². The maximum Gasteiger partial charge on any atom is 0.322 e. The second kappa shape index (κ2) is 7.98. The van der Waals surface area contributed by atoms with Crippen LogP contribution in [0, 0.1) is 11.7 Å². The van der Waals surface area contributed by atoms with Crippen molar-refractivity contribution in [1.82, 2.24) is 5.32 Å². The van der Waals surface area contributed by atoms with Gasteiger partial charge < -0.3 is 9.47 Å². The predicted molar refractivity (Wildman–Crippen MR) is 79.8 cm³/mol. The molecule has 1 aromatic rings. The lowest BCUT2D eigenvalue weighted by Crippen LogP contribution is -2.40. The molecule has 1 aromatic carbocycles. The van der Waals surface area contributed by atoms with Gasteiger partial charge in [0.2, 0.25) is 0 Å². The SMILES string of the molecule is COC(=O)C(CC(C)C)NC(C)c1ccc(OC)cc1F. The van der Waals surface area contributed by atoms with E-state index >= 15 is 0 Å². The summed E-state index contributed by atoms with van der Waals surface area (Å²) >= 11 is 0. The normalized spacial score (nSPS) is 13.9. The molecular weight excluding hydrogens is 273 g/mol. The lowest BCUT2D eigenvalue weighted by Gasteiger charge is -2.23. The summed E-state index contributed by atoms with van der Waals surface area (Å²) in [5, 5.41) is 3.14. The summed E-state index contributed by atoms with van der Waals surface area (Å²) < 4.78 is 23.8. The monoisotopic (exact) mass is 297 g/mol. The van der Waals surface area contributed by atoms with Crippen molar-refractivity contribution in [3.05, 3.63) is 29.6 Å². The Kier molecular flexibility index (Phi) is 6.62. The van der Waals surface area contributed by atoms with Gasteiger partial charge in [-0.1, -0.05) is 19.9 Å². The first-order chi connectivity index (χ1) is 9.88. The number of methoxy groups -OCH3 is 2. The summed E-state index contributed by atoms with van der Waals surface area (Å²) in [6.07, 6.45) is 0.634. The molecule has 0 bridgehead atoms. The minimum Gasteiger partial charge on any atom is -0.497 e. The Morgan fingerprint density at radius 3 is 2.43 bits per heavy atom. The van der Waals surface area contributed by atoms with Crippen LogP contribution in [0.25, 0.3) is 0 Å². The van der Waals surface area contributed by atoms with Crippen LogP contribution in [0.1, 0.15) is 38.8 Å². The molecule has 4 nitrogen and oxygen atoms in total. The Labute approximate surface area is 125 Å². The molecule has 2 atom stereocenters. The summed E-state index contributed by atoms with van der Waals surface area (Å²) in [5.74, 6) is 0.108. The van der Waals surface area contributed by atoms with E-state index in [1.807, 2.05) is 20.8 Å². The molecule has 0 saturated carbocycles. The van der Waals surface area contributed by atoms with Gasteiger partial charge in [-0.2, -0.15) is 0 Å². The Morgan fingerprint density at radius 1 is 1.29 bits per heavy atom. The maximum atomic E-state index is 14.0. The van der Waals surface area contributed by atoms with E-state index < -0.39 is 6.04 Å². The first-order valence-corrected chi connectivity index (χ1v) is 7.06. The Balaban J connectivity index is 2.85. The van der Waals surface area contributed by atoms with Crippen molar-refractivity contribution in [2.75, 3.05) is 14.2 Å². The number of nitrogens with one attached hydrogen (secondary N) is 1. The standard InChI is InChI=1S/C16H24FNO3/c1-10(2)8-15(16(19)21-5)18-11(3)13-7-6-12(20-4)9-14(13)17/h6-7,9-11,15,18H,8H2,1-5H3. The number of hydrogen-bond acceptors (Lipinski definition) is 4. The van der Waals surface area contributed by atoms with Crippen molar-refractivity contribution >= 4 is 5.97 Å². The fourth-order valence-electron chi connectivity index (χ4n) is 2.22. The van der Waals surface area contributed by atoms with Gasteiger partial charge in [-0.15, -0.1) is 0 Å². The summed E-state index contributed by atoms with van der Waals surface area (Å²) in [7, 11) is 2.85. The van der Waals surface area contributed by atoms with Crippen LogP contribution < -0.4 is 10.1 Å². The Hall–Kier alpha value is -1.62. The topological polar surface area (TPSA) is 47.6 Å². The van der Waals surface area contributed by atoms with Crippen molar-refractivity contribution in [2.45, 2.75) is 39.3 Å². The van der Waals surface area contributed by atoms with Crippen LogP contribution in [0.15, 0.2) is 18.2 Å². The van der Waals surface area contributed by atoms with Crippen LogP contribution >= 0.6 is 0 Å². The molecule has 0 aliphatic carbocycles. The van der Waals surface area contributed by atoms with Crippen LogP contribution in [0.2, 0.25) is 0 Å². The first-order valence-electron chi connectivity index (χ1n) is 7.06. The van der Waals surface area contributed by atoms with Gasteiger partial charge in [0.1, 0.15) is 17.6 Å². The zero-order valence-corrected chi connectivity index (χ0v) is 13.3. The number of ether oxygens (including phenoxy) is 2. The van der Waals surface area contributed by atoms with E-state index in [1.165, 1.54) is 20.3 Å². The quantitative estimate of drug-likeness (QED) is 0.786. The number of rotatable bonds is 7. The highest BCUT2D eigenvalue weighted by atomic mass is 19.1. The highest BCUT2D eigenvalue weighted by Gasteiger charge is 2.23. The molecule has 0 saturated heterocycles. The molecule has 0 aliphatic rings. The third-order valence-corrected chi connectivity index (χ3v) is 3.32. The van der Waals surface area contributed by atoms with E-state index in [2.05, 4.69) is 5.32 Å². The second-order valence-corrected chi connectivity index (χ2v) is 5.48. The number of benzene rings is 1. The van der Waals surface area contributed by atoms with E-state index in [0.717, 1.165) is 0 Å². The molecule has 5 heteroatoms. The van der Waals surface area contributed by atoms with E-state index in [1.54, 1.807) is 12.1 Å². The zero-order valence-electron chi connectivity index (χ0n) is 13.3. The van der Waals surface area contributed by atoms with Crippen LogP contribution in [-0.4, -0.2) is 26.2 Å². The Bertz CT molecular complexity index is 477. The number of esters is 1. The molecule has 118 valence electrons. The first kappa shape index (κ1) is 17.4. The third kappa shape index (κ3) is 5.01. The average molecular weight is 297 g/mol. The average Bonchev–Trinajstić information content (AvgIpc) is 2.44. The fraction of sp³-hybridized carbons (Fsp3) is 0.562. The molecule has 21 heavy (non-hydrogen) atoms. The van der Waals surface area contributed by atoms with Gasteiger partial charge in [0.05, 0.1) is 14.2 Å². The zero-order chi connectivity index (χ0) is 16.0. The minimum absolute atomic E-state index is 0.307. The van der Waals surface area contributed by atoms with Crippen molar-refractivity contribution in [3.8, 4) is 5.75 Å². The van der Waals surface area contributed by atoms with Crippen LogP contribution in [0.3, 0.4) is 0 Å². The molecule has 0 amide bonds. The van der Waals surface area contributed by atoms with E-state index in [9.17, 15) is 9.18 Å². The second-order valence-electron chi connectivity index (χ2n) is 5.48. The van der Waals surface area contributed by atoms with Crippen molar-refractivity contribution in [1.29, 1.82) is 0 Å². The molecular formula is C16H24FNO3. The number of carbonyl (C=O) groups excluding carboxylic acids is 1. The molecule has 1 rings (SSSR count). The van der Waals surface area contributed by atoms with Crippen molar-refractivity contribution < 1.29 is 18.7 Å². The summed E-state index contributed by atoms with van der Waals surface area (Å²) in [6.45, 7) is 5.87. The van der Waals surface area contributed by atoms with Gasteiger partial charge in [-0.05, 0) is 25.3 Å². The minimum atomic E-state index is -0.452. The van der Waals surface area contributed by atoms with Crippen LogP contribution in [0.4, 0.5) is 4.39 Å². The lowest BCUT2D eigenvalue weighted by molar-refractivity contribution is -0.143. The van der Waals surface area contributed by atoms with Gasteiger partial charge in [0.15, 0.2) is 0 Å². The van der Waals surface area contributed by atoms with E-state index in [4.69, 9.17) is 9.47 Å². The molecule has 0 fully saturated rings. The molecule has 0 heterocycles. The van der Waals surface area contributed by atoms with Crippen molar-refractivity contribution in [3.63, 3.8) is 0 Å². The lowest BCUT2D eigenvalue weighted by atomic mass is 10.0. The summed E-state index contributed by atoms with van der Waals surface area (Å²) in [5.41, 5.74) is 0.494. The predicted octanol–water partition coefficient (Wildman–Crippen LogP) is 3.07. The number of halogens is 1. The van der Waals surface area contributed by atoms with E-state index in [0.29, 0.717) is 23.7 Å². The van der Waals surface area contributed by atoms with Crippen LogP contribution in [0.5, 0.6) is 5.75 Å². The van der Waals surface area contributed by atoms with Gasteiger partial charge in [-0.3, -0.25) is 10.1 Å².